The summed E-state index contributed by atoms with van der Waals surface area (Å²) in [6.45, 7) is 7.68. The van der Waals surface area contributed by atoms with E-state index in [0.717, 1.165) is 58.4 Å². The van der Waals surface area contributed by atoms with Crippen LogP contribution in [-0.4, -0.2) is 38.9 Å². The SMILES string of the molecule is Cc1ccc(C(CC(=O)NC2CCOc3cc(CN4CCCCC4)ccc32)NS(=O)(=O)c2ccc3ccccc3c2)cc1C. The fourth-order valence-electron chi connectivity index (χ4n) is 6.30. The largest absolute Gasteiger partial charge is 0.493 e. The van der Waals surface area contributed by atoms with Crippen molar-refractivity contribution in [3.05, 3.63) is 107 Å². The molecule has 2 heterocycles. The Morgan fingerprint density at radius 1 is 0.909 bits per heavy atom. The van der Waals surface area contributed by atoms with Crippen molar-refractivity contribution in [1.82, 2.24) is 14.9 Å². The molecule has 6 rings (SSSR count). The number of ether oxygens (including phenoxy) is 1. The highest BCUT2D eigenvalue weighted by atomic mass is 32.2. The van der Waals surface area contributed by atoms with Crippen molar-refractivity contribution in [3.63, 3.8) is 0 Å². The van der Waals surface area contributed by atoms with Gasteiger partial charge in [0, 0.05) is 24.9 Å². The zero-order valence-electron chi connectivity index (χ0n) is 25.5. The number of benzene rings is 4. The van der Waals surface area contributed by atoms with E-state index >= 15 is 0 Å². The molecule has 0 spiro atoms. The van der Waals surface area contributed by atoms with Gasteiger partial charge in [-0.05, 0) is 91.0 Å². The number of amides is 1. The van der Waals surface area contributed by atoms with E-state index in [9.17, 15) is 13.2 Å². The summed E-state index contributed by atoms with van der Waals surface area (Å²) in [6.07, 6.45) is 4.42. The summed E-state index contributed by atoms with van der Waals surface area (Å²) in [7, 11) is -3.92. The summed E-state index contributed by atoms with van der Waals surface area (Å²) >= 11 is 0. The maximum atomic E-state index is 13.7. The molecule has 2 atom stereocenters. The number of hydrogen-bond acceptors (Lipinski definition) is 5. The number of fused-ring (bicyclic) bond motifs is 2. The first-order valence-electron chi connectivity index (χ1n) is 15.6. The van der Waals surface area contributed by atoms with Crippen LogP contribution in [0.4, 0.5) is 0 Å². The second-order valence-electron chi connectivity index (χ2n) is 12.2. The Hall–Kier alpha value is -3.72. The van der Waals surface area contributed by atoms with Crippen LogP contribution in [0.3, 0.4) is 0 Å². The molecule has 2 unspecified atom stereocenters. The molecule has 2 N–H and O–H groups in total. The lowest BCUT2D eigenvalue weighted by Gasteiger charge is -2.29. The van der Waals surface area contributed by atoms with Gasteiger partial charge in [-0.3, -0.25) is 9.69 Å². The monoisotopic (exact) mass is 611 g/mol. The van der Waals surface area contributed by atoms with E-state index in [1.54, 1.807) is 12.1 Å². The second kappa shape index (κ2) is 13.1. The van der Waals surface area contributed by atoms with Crippen molar-refractivity contribution in [3.8, 4) is 5.75 Å². The van der Waals surface area contributed by atoms with Crippen molar-refractivity contribution in [1.29, 1.82) is 0 Å². The summed E-state index contributed by atoms with van der Waals surface area (Å²) in [4.78, 5) is 16.2. The number of nitrogens with one attached hydrogen (secondary N) is 2. The lowest BCUT2D eigenvalue weighted by Crippen LogP contribution is -2.36. The fraction of sp³-hybridized carbons (Fsp3) is 0.361. The molecule has 8 heteroatoms. The average molecular weight is 612 g/mol. The predicted molar refractivity (Wildman–Crippen MR) is 174 cm³/mol. The number of carbonyl (C=O) groups is 1. The standard InChI is InChI=1S/C36H41N3O4S/c1-25-10-12-30(20-26(25)2)34(38-44(41,42)31-14-13-28-8-4-5-9-29(28)22-31)23-36(40)37-33-16-19-43-35-21-27(11-15-32(33)35)24-39-17-6-3-7-18-39/h4-5,8-15,20-22,33-34,38H,3,6-7,16-19,23-24H2,1-2H3,(H,37,40). The first-order valence-corrected chi connectivity index (χ1v) is 17.1. The van der Waals surface area contributed by atoms with Gasteiger partial charge >= 0.3 is 0 Å². The van der Waals surface area contributed by atoms with E-state index in [0.29, 0.717) is 13.0 Å². The van der Waals surface area contributed by atoms with Gasteiger partial charge in [-0.1, -0.05) is 67.1 Å². The van der Waals surface area contributed by atoms with Crippen LogP contribution >= 0.6 is 0 Å². The summed E-state index contributed by atoms with van der Waals surface area (Å²) in [5, 5.41) is 4.99. The highest BCUT2D eigenvalue weighted by molar-refractivity contribution is 7.89. The normalized spacial score (nSPS) is 17.9. The number of nitrogens with zero attached hydrogens (tertiary/aromatic N) is 1. The summed E-state index contributed by atoms with van der Waals surface area (Å²) in [5.74, 6) is 0.600. The third-order valence-electron chi connectivity index (χ3n) is 8.96. The number of piperidine rings is 1. The number of rotatable bonds is 9. The Bertz CT molecular complexity index is 1760. The summed E-state index contributed by atoms with van der Waals surface area (Å²) in [5.41, 5.74) is 5.08. The number of aryl methyl sites for hydroxylation is 2. The molecule has 0 radical (unpaired) electrons. The molecule has 7 nitrogen and oxygen atoms in total. The molecule has 230 valence electrons. The maximum absolute atomic E-state index is 13.7. The third-order valence-corrected chi connectivity index (χ3v) is 10.4. The molecule has 0 bridgehead atoms. The summed E-state index contributed by atoms with van der Waals surface area (Å²) < 4.78 is 36.2. The molecule has 1 fully saturated rings. The van der Waals surface area contributed by atoms with Crippen molar-refractivity contribution in [2.75, 3.05) is 19.7 Å². The first kappa shape index (κ1) is 30.3. The minimum Gasteiger partial charge on any atom is -0.493 e. The lowest BCUT2D eigenvalue weighted by atomic mass is 9.97. The van der Waals surface area contributed by atoms with Crippen LogP contribution in [0.25, 0.3) is 10.8 Å². The Labute approximate surface area is 260 Å². The van der Waals surface area contributed by atoms with Crippen LogP contribution in [0, 0.1) is 13.8 Å². The molecule has 2 aliphatic rings. The Kier molecular flexibility index (Phi) is 9.03. The van der Waals surface area contributed by atoms with Crippen LogP contribution in [0.2, 0.25) is 0 Å². The molecule has 0 aliphatic carbocycles. The maximum Gasteiger partial charge on any atom is 0.241 e. The number of carbonyl (C=O) groups excluding carboxylic acids is 1. The minimum absolute atomic E-state index is 0.0327. The van der Waals surface area contributed by atoms with Gasteiger partial charge in [-0.25, -0.2) is 13.1 Å². The van der Waals surface area contributed by atoms with Gasteiger partial charge in [0.2, 0.25) is 15.9 Å². The molecule has 2 aliphatic heterocycles. The van der Waals surface area contributed by atoms with Crippen LogP contribution < -0.4 is 14.8 Å². The van der Waals surface area contributed by atoms with Crippen LogP contribution in [0.5, 0.6) is 5.75 Å². The van der Waals surface area contributed by atoms with Crippen molar-refractivity contribution >= 4 is 26.7 Å². The molecule has 0 aromatic heterocycles. The van der Waals surface area contributed by atoms with Gasteiger partial charge in [0.1, 0.15) is 5.75 Å². The highest BCUT2D eigenvalue weighted by Crippen LogP contribution is 2.34. The van der Waals surface area contributed by atoms with E-state index < -0.39 is 16.1 Å². The van der Waals surface area contributed by atoms with E-state index in [1.165, 1.54) is 24.8 Å². The van der Waals surface area contributed by atoms with Gasteiger partial charge < -0.3 is 10.1 Å². The van der Waals surface area contributed by atoms with Crippen LogP contribution in [0.1, 0.15) is 72.0 Å². The smallest absolute Gasteiger partial charge is 0.241 e. The van der Waals surface area contributed by atoms with E-state index in [2.05, 4.69) is 33.1 Å². The number of hydrogen-bond donors (Lipinski definition) is 2. The molecule has 4 aromatic rings. The highest BCUT2D eigenvalue weighted by Gasteiger charge is 2.28. The van der Waals surface area contributed by atoms with Crippen molar-refractivity contribution < 1.29 is 17.9 Å². The second-order valence-corrected chi connectivity index (χ2v) is 13.9. The van der Waals surface area contributed by atoms with Gasteiger partial charge in [0.05, 0.1) is 23.6 Å². The average Bonchev–Trinajstić information content (AvgIpc) is 3.02. The molecule has 1 saturated heterocycles. The predicted octanol–water partition coefficient (Wildman–Crippen LogP) is 6.49. The third kappa shape index (κ3) is 6.98. The number of sulfonamides is 1. The molecule has 44 heavy (non-hydrogen) atoms. The Balaban J connectivity index is 1.20. The zero-order valence-corrected chi connectivity index (χ0v) is 26.3. The van der Waals surface area contributed by atoms with Crippen molar-refractivity contribution in [2.45, 2.75) is 69.5 Å². The van der Waals surface area contributed by atoms with Crippen LogP contribution in [0.15, 0.2) is 83.8 Å². The quantitative estimate of drug-likeness (QED) is 0.226. The Morgan fingerprint density at radius 2 is 1.70 bits per heavy atom. The van der Waals surface area contributed by atoms with Gasteiger partial charge in [-0.2, -0.15) is 0 Å². The van der Waals surface area contributed by atoms with E-state index in [1.807, 2.05) is 62.4 Å². The Morgan fingerprint density at radius 3 is 2.50 bits per heavy atom. The zero-order chi connectivity index (χ0) is 30.7. The van der Waals surface area contributed by atoms with Crippen molar-refractivity contribution in [2.24, 2.45) is 0 Å². The van der Waals surface area contributed by atoms with Gasteiger partial charge in [0.15, 0.2) is 0 Å². The summed E-state index contributed by atoms with van der Waals surface area (Å²) in [6, 6.07) is 24.0. The van der Waals surface area contributed by atoms with Gasteiger partial charge in [-0.15, -0.1) is 0 Å². The van der Waals surface area contributed by atoms with E-state index in [4.69, 9.17) is 4.74 Å². The first-order chi connectivity index (χ1) is 21.2. The van der Waals surface area contributed by atoms with Gasteiger partial charge in [0.25, 0.3) is 0 Å². The van der Waals surface area contributed by atoms with Crippen LogP contribution in [-0.2, 0) is 21.4 Å². The van der Waals surface area contributed by atoms with E-state index in [-0.39, 0.29) is 23.3 Å². The topological polar surface area (TPSA) is 87.7 Å². The lowest BCUT2D eigenvalue weighted by molar-refractivity contribution is -0.122. The molecule has 4 aromatic carbocycles. The number of likely N-dealkylation sites (tertiary alicyclic amines) is 1. The molecular formula is C36H41N3O4S. The molecule has 1 amide bonds. The molecule has 0 saturated carbocycles. The minimum atomic E-state index is -3.92. The molecular weight excluding hydrogens is 570 g/mol. The fourth-order valence-corrected chi connectivity index (χ4v) is 7.55.